The van der Waals surface area contributed by atoms with Gasteiger partial charge in [0.05, 0.1) is 16.6 Å². The molecule has 0 heterocycles. The number of nitrogens with zero attached hydrogens (tertiary/aromatic N) is 1. The standard InChI is InChI=1S/C26H29BrN2O3S/c1-19(20-10-12-21(13-11-20)26(2,3)4)28-25(30)18-29(23-16-14-22(27)15-17-23)33(31,32)24-8-6-5-7-9-24/h5-17,19H,18H2,1-4H3,(H,28,30)/t19-/m0/s1. The topological polar surface area (TPSA) is 66.5 Å². The van der Waals surface area contributed by atoms with E-state index in [1.165, 1.54) is 17.7 Å². The average molecular weight is 530 g/mol. The number of anilines is 1. The van der Waals surface area contributed by atoms with Crippen LogP contribution >= 0.6 is 15.9 Å². The van der Waals surface area contributed by atoms with Gasteiger partial charge in [-0.15, -0.1) is 0 Å². The van der Waals surface area contributed by atoms with Gasteiger partial charge >= 0.3 is 0 Å². The third-order valence-electron chi connectivity index (χ3n) is 5.39. The number of hydrogen-bond acceptors (Lipinski definition) is 3. The first-order chi connectivity index (χ1) is 15.5. The van der Waals surface area contributed by atoms with E-state index in [4.69, 9.17) is 0 Å². The third-order valence-corrected chi connectivity index (χ3v) is 7.70. The van der Waals surface area contributed by atoms with Crippen molar-refractivity contribution in [2.75, 3.05) is 10.8 Å². The fourth-order valence-corrected chi connectivity index (χ4v) is 5.12. The second-order valence-corrected chi connectivity index (χ2v) is 11.7. The number of nitrogens with one attached hydrogen (secondary N) is 1. The van der Waals surface area contributed by atoms with E-state index in [-0.39, 0.29) is 28.8 Å². The minimum atomic E-state index is -3.93. The summed E-state index contributed by atoms with van der Waals surface area (Å²) < 4.78 is 28.7. The molecule has 1 atom stereocenters. The van der Waals surface area contributed by atoms with Crippen LogP contribution in [0.1, 0.15) is 44.9 Å². The van der Waals surface area contributed by atoms with E-state index in [1.54, 1.807) is 42.5 Å². The van der Waals surface area contributed by atoms with E-state index in [9.17, 15) is 13.2 Å². The summed E-state index contributed by atoms with van der Waals surface area (Å²) in [4.78, 5) is 13.1. The van der Waals surface area contributed by atoms with Crippen molar-refractivity contribution in [3.63, 3.8) is 0 Å². The lowest BCUT2D eigenvalue weighted by molar-refractivity contribution is -0.120. The van der Waals surface area contributed by atoms with Crippen molar-refractivity contribution in [2.24, 2.45) is 0 Å². The Balaban J connectivity index is 1.82. The van der Waals surface area contributed by atoms with Crippen molar-refractivity contribution in [3.05, 3.63) is 94.5 Å². The highest BCUT2D eigenvalue weighted by Gasteiger charge is 2.27. The second-order valence-electron chi connectivity index (χ2n) is 8.96. The van der Waals surface area contributed by atoms with Gasteiger partial charge in [-0.25, -0.2) is 8.42 Å². The maximum atomic E-state index is 13.4. The van der Waals surface area contributed by atoms with Crippen LogP contribution in [0.15, 0.2) is 88.2 Å². The number of amides is 1. The van der Waals surface area contributed by atoms with Crippen molar-refractivity contribution in [1.82, 2.24) is 5.32 Å². The molecule has 0 aliphatic heterocycles. The maximum absolute atomic E-state index is 13.4. The molecule has 1 N–H and O–H groups in total. The molecule has 3 aromatic rings. The van der Waals surface area contributed by atoms with Crippen molar-refractivity contribution < 1.29 is 13.2 Å². The minimum absolute atomic E-state index is 0.0436. The SMILES string of the molecule is C[C@H](NC(=O)CN(c1ccc(Br)cc1)S(=O)(=O)c1ccccc1)c1ccc(C(C)(C)C)cc1. The lowest BCUT2D eigenvalue weighted by atomic mass is 9.86. The van der Waals surface area contributed by atoms with E-state index in [1.807, 2.05) is 19.1 Å². The fourth-order valence-electron chi connectivity index (χ4n) is 3.41. The van der Waals surface area contributed by atoms with E-state index in [2.05, 4.69) is 54.2 Å². The molecule has 5 nitrogen and oxygen atoms in total. The van der Waals surface area contributed by atoms with Crippen LogP contribution in [-0.4, -0.2) is 20.9 Å². The summed E-state index contributed by atoms with van der Waals surface area (Å²) in [6.45, 7) is 8.01. The fraction of sp³-hybridized carbons (Fsp3) is 0.269. The van der Waals surface area contributed by atoms with E-state index >= 15 is 0 Å². The number of sulfonamides is 1. The number of benzene rings is 3. The van der Waals surface area contributed by atoms with Crippen molar-refractivity contribution in [2.45, 2.75) is 44.0 Å². The van der Waals surface area contributed by atoms with Gasteiger partial charge in [-0.05, 0) is 59.9 Å². The smallest absolute Gasteiger partial charge is 0.264 e. The summed E-state index contributed by atoms with van der Waals surface area (Å²) >= 11 is 3.37. The van der Waals surface area contributed by atoms with Crippen LogP contribution < -0.4 is 9.62 Å². The Labute approximate surface area is 205 Å². The summed E-state index contributed by atoms with van der Waals surface area (Å²) in [5.41, 5.74) is 2.62. The predicted octanol–water partition coefficient (Wildman–Crippen LogP) is 5.82. The molecule has 3 aromatic carbocycles. The Morgan fingerprint density at radius 2 is 1.52 bits per heavy atom. The number of hydrogen-bond donors (Lipinski definition) is 1. The summed E-state index contributed by atoms with van der Waals surface area (Å²) in [5.74, 6) is -0.384. The molecule has 174 valence electrons. The highest BCUT2D eigenvalue weighted by atomic mass is 79.9. The van der Waals surface area contributed by atoms with Gasteiger partial charge in [-0.2, -0.15) is 0 Å². The molecule has 1 amide bonds. The second kappa shape index (κ2) is 10.1. The number of rotatable bonds is 7. The Hall–Kier alpha value is -2.64. The van der Waals surface area contributed by atoms with Gasteiger partial charge in [0.15, 0.2) is 0 Å². The highest BCUT2D eigenvalue weighted by molar-refractivity contribution is 9.10. The van der Waals surface area contributed by atoms with Crippen molar-refractivity contribution in [1.29, 1.82) is 0 Å². The maximum Gasteiger partial charge on any atom is 0.264 e. The molecule has 33 heavy (non-hydrogen) atoms. The van der Waals surface area contributed by atoms with Gasteiger partial charge in [-0.1, -0.05) is 79.2 Å². The van der Waals surface area contributed by atoms with Crippen molar-refractivity contribution >= 4 is 37.5 Å². The van der Waals surface area contributed by atoms with Crippen LogP contribution in [0.3, 0.4) is 0 Å². The Morgan fingerprint density at radius 1 is 0.939 bits per heavy atom. The first kappa shape index (κ1) is 25.0. The Kier molecular flexibility index (Phi) is 7.65. The molecule has 0 bridgehead atoms. The largest absolute Gasteiger partial charge is 0.348 e. The number of halogens is 1. The average Bonchev–Trinajstić information content (AvgIpc) is 2.78. The van der Waals surface area contributed by atoms with Gasteiger partial charge in [-0.3, -0.25) is 9.10 Å². The van der Waals surface area contributed by atoms with E-state index < -0.39 is 10.0 Å². The summed E-state index contributed by atoms with van der Waals surface area (Å²) in [6.07, 6.45) is 0. The van der Waals surface area contributed by atoms with Crippen LogP contribution in [0.5, 0.6) is 0 Å². The first-order valence-electron chi connectivity index (χ1n) is 10.7. The zero-order valence-corrected chi connectivity index (χ0v) is 21.7. The monoisotopic (exact) mass is 528 g/mol. The van der Waals surface area contributed by atoms with Gasteiger partial charge in [0.1, 0.15) is 6.54 Å². The van der Waals surface area contributed by atoms with Crippen LogP contribution in [-0.2, 0) is 20.2 Å². The van der Waals surface area contributed by atoms with Crippen LogP contribution in [0.4, 0.5) is 5.69 Å². The molecule has 0 saturated heterocycles. The normalized spacial score (nSPS) is 12.8. The van der Waals surface area contributed by atoms with Gasteiger partial charge in [0.2, 0.25) is 5.91 Å². The first-order valence-corrected chi connectivity index (χ1v) is 12.9. The molecule has 0 aliphatic carbocycles. The molecular weight excluding hydrogens is 500 g/mol. The summed E-state index contributed by atoms with van der Waals surface area (Å²) in [5, 5.41) is 2.94. The molecule has 0 aromatic heterocycles. The zero-order valence-electron chi connectivity index (χ0n) is 19.2. The molecule has 0 radical (unpaired) electrons. The van der Waals surface area contributed by atoms with Crippen molar-refractivity contribution in [3.8, 4) is 0 Å². The minimum Gasteiger partial charge on any atom is -0.348 e. The zero-order chi connectivity index (χ0) is 24.2. The van der Waals surface area contributed by atoms with Crippen LogP contribution in [0, 0.1) is 0 Å². The molecule has 7 heteroatoms. The molecule has 0 aliphatic rings. The van der Waals surface area contributed by atoms with Gasteiger partial charge in [0.25, 0.3) is 10.0 Å². The van der Waals surface area contributed by atoms with Gasteiger partial charge < -0.3 is 5.32 Å². The third kappa shape index (κ3) is 6.24. The van der Waals surface area contributed by atoms with Crippen LogP contribution in [0.2, 0.25) is 0 Å². The number of carbonyl (C=O) groups excluding carboxylic acids is 1. The van der Waals surface area contributed by atoms with Gasteiger partial charge in [0, 0.05) is 4.47 Å². The summed E-state index contributed by atoms with van der Waals surface area (Å²) in [6, 6.07) is 22.8. The quantitative estimate of drug-likeness (QED) is 0.420. The molecule has 0 spiro atoms. The summed E-state index contributed by atoms with van der Waals surface area (Å²) in [7, 11) is -3.93. The Bertz CT molecular complexity index is 1190. The molecule has 3 rings (SSSR count). The van der Waals surface area contributed by atoms with E-state index in [0.29, 0.717) is 5.69 Å². The lowest BCUT2D eigenvalue weighted by Crippen LogP contribution is -2.41. The lowest BCUT2D eigenvalue weighted by Gasteiger charge is -2.25. The number of carbonyl (C=O) groups is 1. The molecule has 0 fully saturated rings. The molecule has 0 unspecified atom stereocenters. The van der Waals surface area contributed by atoms with Crippen LogP contribution in [0.25, 0.3) is 0 Å². The molecular formula is C26H29BrN2O3S. The Morgan fingerprint density at radius 3 is 2.06 bits per heavy atom. The highest BCUT2D eigenvalue weighted by Crippen LogP contribution is 2.26. The molecule has 0 saturated carbocycles. The van der Waals surface area contributed by atoms with E-state index in [0.717, 1.165) is 14.3 Å². The predicted molar refractivity (Wildman–Crippen MR) is 137 cm³/mol.